The molecule has 0 atom stereocenters. The first-order chi connectivity index (χ1) is 17.9. The summed E-state index contributed by atoms with van der Waals surface area (Å²) in [5.74, 6) is 0.0265. The molecule has 10 heteroatoms. The molecule has 0 bridgehead atoms. The Morgan fingerprint density at radius 3 is 2.59 bits per heavy atom. The largest absolute Gasteiger partial charge is 0.477 e. The molecule has 1 aliphatic heterocycles. The monoisotopic (exact) mass is 516 g/mol. The van der Waals surface area contributed by atoms with Crippen molar-refractivity contribution in [2.45, 2.75) is 20.5 Å². The highest BCUT2D eigenvalue weighted by Crippen LogP contribution is 2.36. The van der Waals surface area contributed by atoms with Crippen LogP contribution in [0.1, 0.15) is 32.4 Å². The maximum absolute atomic E-state index is 11.5. The summed E-state index contributed by atoms with van der Waals surface area (Å²) >= 11 is 1.12. The Labute approximate surface area is 217 Å². The summed E-state index contributed by atoms with van der Waals surface area (Å²) in [6.07, 6.45) is 0. The lowest BCUT2D eigenvalue weighted by Crippen LogP contribution is -2.36. The number of carbonyl (C=O) groups is 1. The lowest BCUT2D eigenvalue weighted by Gasteiger charge is -2.28. The second-order valence-electron chi connectivity index (χ2n) is 8.51. The molecule has 9 nitrogen and oxygen atoms in total. The van der Waals surface area contributed by atoms with Gasteiger partial charge >= 0.3 is 5.97 Å². The Morgan fingerprint density at radius 2 is 1.95 bits per heavy atom. The third-order valence-corrected chi connectivity index (χ3v) is 7.04. The van der Waals surface area contributed by atoms with Crippen LogP contribution in [0.4, 0.5) is 5.69 Å². The molecule has 0 spiro atoms. The minimum absolute atomic E-state index is 0.0416. The molecule has 3 aromatic heterocycles. The van der Waals surface area contributed by atoms with E-state index in [0.29, 0.717) is 47.4 Å². The van der Waals surface area contributed by atoms with Crippen molar-refractivity contribution < 1.29 is 23.8 Å². The number of benzene rings is 1. The van der Waals surface area contributed by atoms with E-state index in [9.17, 15) is 15.2 Å². The molecule has 0 unspecified atom stereocenters. The number of ether oxygens (including phenoxy) is 2. The molecule has 5 rings (SSSR count). The van der Waals surface area contributed by atoms with Gasteiger partial charge in [-0.1, -0.05) is 12.1 Å². The van der Waals surface area contributed by atoms with E-state index in [1.807, 2.05) is 31.2 Å². The number of morpholine rings is 1. The van der Waals surface area contributed by atoms with Crippen LogP contribution in [0.5, 0.6) is 5.88 Å². The number of aryl methyl sites for hydroxylation is 2. The average molecular weight is 517 g/mol. The van der Waals surface area contributed by atoms with Crippen molar-refractivity contribution in [3.8, 4) is 34.5 Å². The molecule has 1 N–H and O–H groups in total. The number of nitrogens with zero attached hydrogens (tertiary/aromatic N) is 4. The molecule has 1 aromatic carbocycles. The number of hydrogen-bond acceptors (Lipinski definition) is 9. The van der Waals surface area contributed by atoms with E-state index in [2.05, 4.69) is 20.9 Å². The normalized spacial score (nSPS) is 13.4. The van der Waals surface area contributed by atoms with Gasteiger partial charge in [0.05, 0.1) is 24.6 Å². The van der Waals surface area contributed by atoms with E-state index in [-0.39, 0.29) is 22.9 Å². The Balaban J connectivity index is 1.56. The van der Waals surface area contributed by atoms with E-state index in [1.54, 1.807) is 24.4 Å². The number of pyridine rings is 1. The van der Waals surface area contributed by atoms with Gasteiger partial charge in [0.25, 0.3) is 0 Å². The number of hydrogen-bond donors (Lipinski definition) is 1. The van der Waals surface area contributed by atoms with Crippen LogP contribution in [0.25, 0.3) is 22.6 Å². The number of thiophene rings is 1. The molecule has 0 aliphatic carbocycles. The van der Waals surface area contributed by atoms with Gasteiger partial charge < -0.3 is 23.9 Å². The summed E-state index contributed by atoms with van der Waals surface area (Å²) in [7, 11) is 0. The Hall–Kier alpha value is -4.20. The molecule has 1 fully saturated rings. The lowest BCUT2D eigenvalue weighted by molar-refractivity contribution is 0.0699. The molecule has 4 aromatic rings. The van der Waals surface area contributed by atoms with Gasteiger partial charge in [0, 0.05) is 42.4 Å². The van der Waals surface area contributed by atoms with Gasteiger partial charge in [-0.05, 0) is 36.6 Å². The second-order valence-corrected chi connectivity index (χ2v) is 9.43. The molecular formula is C27H24N4O5S. The van der Waals surface area contributed by atoms with E-state index in [4.69, 9.17) is 13.9 Å². The molecule has 0 radical (unpaired) electrons. The zero-order valence-corrected chi connectivity index (χ0v) is 21.2. The minimum atomic E-state index is -1.02. The third-order valence-electron chi connectivity index (χ3n) is 6.09. The summed E-state index contributed by atoms with van der Waals surface area (Å²) in [6.45, 7) is 6.59. The van der Waals surface area contributed by atoms with Crippen molar-refractivity contribution in [1.29, 1.82) is 5.26 Å². The fraction of sp³-hybridized carbons (Fsp3) is 0.259. The van der Waals surface area contributed by atoms with Gasteiger partial charge in [0.15, 0.2) is 11.7 Å². The third kappa shape index (κ3) is 5.05. The van der Waals surface area contributed by atoms with Gasteiger partial charge in [0.2, 0.25) is 5.88 Å². The van der Waals surface area contributed by atoms with Crippen LogP contribution in [-0.4, -0.2) is 47.3 Å². The molecule has 37 heavy (non-hydrogen) atoms. The highest BCUT2D eigenvalue weighted by Gasteiger charge is 2.22. The van der Waals surface area contributed by atoms with Crippen molar-refractivity contribution >= 4 is 23.0 Å². The van der Waals surface area contributed by atoms with Crippen LogP contribution in [0.3, 0.4) is 0 Å². The van der Waals surface area contributed by atoms with Crippen molar-refractivity contribution in [3.05, 3.63) is 69.4 Å². The van der Waals surface area contributed by atoms with Crippen molar-refractivity contribution in [2.75, 3.05) is 31.2 Å². The SMILES string of the molecule is Cc1nc(C)c(-c2cc(-c3ccc(N4CCOCC4)cc3)nc(OCc3ccsc3C(=O)O)c2C#N)o1. The Kier molecular flexibility index (Phi) is 6.90. The number of carboxylic acid groups (broad SMARTS) is 1. The fourth-order valence-electron chi connectivity index (χ4n) is 4.29. The topological polar surface area (TPSA) is 122 Å². The molecule has 1 saturated heterocycles. The molecule has 4 heterocycles. The smallest absolute Gasteiger partial charge is 0.346 e. The summed E-state index contributed by atoms with van der Waals surface area (Å²) in [4.78, 5) is 23.0. The summed E-state index contributed by atoms with van der Waals surface area (Å²) < 4.78 is 17.3. The number of aromatic nitrogens is 2. The van der Waals surface area contributed by atoms with Crippen LogP contribution in [0.2, 0.25) is 0 Å². The van der Waals surface area contributed by atoms with Gasteiger partial charge in [0.1, 0.15) is 23.1 Å². The number of carboxylic acids is 1. The van der Waals surface area contributed by atoms with Gasteiger partial charge in [-0.3, -0.25) is 0 Å². The standard InChI is InChI=1S/C27H24N4O5S/c1-16-24(36-17(2)29-16)21-13-23(18-3-5-20(6-4-18)31-8-10-34-11-9-31)30-26(22(21)14-28)35-15-19-7-12-37-25(19)27(32)33/h3-7,12-13H,8-11,15H2,1-2H3,(H,32,33). The predicted molar refractivity (Wildman–Crippen MR) is 138 cm³/mol. The minimum Gasteiger partial charge on any atom is -0.477 e. The van der Waals surface area contributed by atoms with Crippen LogP contribution >= 0.6 is 11.3 Å². The maximum Gasteiger partial charge on any atom is 0.346 e. The summed E-state index contributed by atoms with van der Waals surface area (Å²) in [5, 5.41) is 21.2. The van der Waals surface area contributed by atoms with Crippen molar-refractivity contribution in [3.63, 3.8) is 0 Å². The van der Waals surface area contributed by atoms with Crippen LogP contribution < -0.4 is 9.64 Å². The number of aromatic carboxylic acids is 1. The second kappa shape index (κ2) is 10.4. The summed E-state index contributed by atoms with van der Waals surface area (Å²) in [5.41, 5.74) is 4.39. The molecule has 0 saturated carbocycles. The Morgan fingerprint density at radius 1 is 1.19 bits per heavy atom. The van der Waals surface area contributed by atoms with Crippen molar-refractivity contribution in [1.82, 2.24) is 9.97 Å². The molecule has 188 valence electrons. The first-order valence-electron chi connectivity index (χ1n) is 11.7. The molecule has 1 aliphatic rings. The number of anilines is 1. The van der Waals surface area contributed by atoms with Crippen LogP contribution in [0.15, 0.2) is 46.2 Å². The first-order valence-corrected chi connectivity index (χ1v) is 12.6. The fourth-order valence-corrected chi connectivity index (χ4v) is 5.04. The van der Waals surface area contributed by atoms with E-state index in [1.165, 1.54) is 0 Å². The van der Waals surface area contributed by atoms with E-state index >= 15 is 0 Å². The number of rotatable bonds is 7. The predicted octanol–water partition coefficient (Wildman–Crippen LogP) is 5.07. The quantitative estimate of drug-likeness (QED) is 0.359. The van der Waals surface area contributed by atoms with E-state index < -0.39 is 5.97 Å². The van der Waals surface area contributed by atoms with E-state index in [0.717, 1.165) is 35.7 Å². The van der Waals surface area contributed by atoms with Crippen molar-refractivity contribution in [2.24, 2.45) is 0 Å². The van der Waals surface area contributed by atoms with Gasteiger partial charge in [-0.25, -0.2) is 14.8 Å². The molecule has 0 amide bonds. The molecular weight excluding hydrogens is 492 g/mol. The number of nitriles is 1. The average Bonchev–Trinajstić information content (AvgIpc) is 3.53. The Bertz CT molecular complexity index is 1480. The highest BCUT2D eigenvalue weighted by molar-refractivity contribution is 7.12. The van der Waals surface area contributed by atoms with Gasteiger partial charge in [-0.2, -0.15) is 5.26 Å². The van der Waals surface area contributed by atoms with Crippen LogP contribution in [-0.2, 0) is 11.3 Å². The lowest BCUT2D eigenvalue weighted by atomic mass is 10.0. The van der Waals surface area contributed by atoms with Gasteiger partial charge in [-0.15, -0.1) is 11.3 Å². The zero-order valence-electron chi connectivity index (χ0n) is 20.4. The number of oxazole rings is 1. The maximum atomic E-state index is 11.5. The zero-order chi connectivity index (χ0) is 25.9. The summed E-state index contributed by atoms with van der Waals surface area (Å²) in [6, 6.07) is 13.7. The van der Waals surface area contributed by atoms with Crippen LogP contribution in [0, 0.1) is 25.2 Å². The highest BCUT2D eigenvalue weighted by atomic mass is 32.1. The first kappa shape index (κ1) is 24.5.